The van der Waals surface area contributed by atoms with Gasteiger partial charge in [-0.1, -0.05) is 35.9 Å². The van der Waals surface area contributed by atoms with E-state index in [1.165, 1.54) is 0 Å². The zero-order valence-corrected chi connectivity index (χ0v) is 18.8. The molecule has 0 heterocycles. The van der Waals surface area contributed by atoms with Gasteiger partial charge in [-0.15, -0.1) is 11.6 Å². The summed E-state index contributed by atoms with van der Waals surface area (Å²) < 4.78 is 5.83. The molecule has 166 valence electrons. The first-order chi connectivity index (χ1) is 15.5. The van der Waals surface area contributed by atoms with Crippen LogP contribution in [0.15, 0.2) is 78.9 Å². The average Bonchev–Trinajstić information content (AvgIpc) is 2.80. The number of amides is 3. The molecule has 3 aromatic rings. The number of nitrogens with one attached hydrogen (secondary N) is 2. The lowest BCUT2D eigenvalue weighted by atomic mass is 10.2. The van der Waals surface area contributed by atoms with Crippen molar-refractivity contribution in [1.29, 1.82) is 0 Å². The first kappa shape index (κ1) is 23.4. The van der Waals surface area contributed by atoms with E-state index < -0.39 is 0 Å². The molecule has 0 fully saturated rings. The quantitative estimate of drug-likeness (QED) is 0.300. The van der Waals surface area contributed by atoms with Crippen molar-refractivity contribution in [1.82, 2.24) is 5.32 Å². The number of anilines is 2. The van der Waals surface area contributed by atoms with Crippen LogP contribution >= 0.6 is 23.2 Å². The smallest absolute Gasteiger partial charge is 0.326 e. The Balaban J connectivity index is 1.71. The predicted octanol–water partition coefficient (Wildman–Crippen LogP) is 5.92. The van der Waals surface area contributed by atoms with E-state index in [1.807, 2.05) is 42.5 Å². The maximum Gasteiger partial charge on any atom is 0.326 e. The van der Waals surface area contributed by atoms with Crippen LogP contribution in [0.1, 0.15) is 6.42 Å². The third kappa shape index (κ3) is 7.18. The summed E-state index contributed by atoms with van der Waals surface area (Å²) in [7, 11) is 0. The molecule has 3 amide bonds. The molecule has 0 atom stereocenters. The molecular formula is C24H23Cl2N3O3. The highest BCUT2D eigenvalue weighted by molar-refractivity contribution is 6.31. The van der Waals surface area contributed by atoms with E-state index in [0.717, 1.165) is 5.75 Å². The van der Waals surface area contributed by atoms with Gasteiger partial charge in [0.2, 0.25) is 5.91 Å². The summed E-state index contributed by atoms with van der Waals surface area (Å²) in [6.45, 7) is 0.787. The Morgan fingerprint density at radius 3 is 2.31 bits per heavy atom. The van der Waals surface area contributed by atoms with E-state index in [0.29, 0.717) is 41.7 Å². The van der Waals surface area contributed by atoms with Crippen LogP contribution in [-0.4, -0.2) is 30.9 Å². The minimum absolute atomic E-state index is 0.0954. The molecular weight excluding hydrogens is 449 g/mol. The first-order valence-corrected chi connectivity index (χ1v) is 11.0. The molecule has 32 heavy (non-hydrogen) atoms. The van der Waals surface area contributed by atoms with Crippen molar-refractivity contribution in [2.24, 2.45) is 0 Å². The second-order valence-electron chi connectivity index (χ2n) is 6.84. The largest absolute Gasteiger partial charge is 0.457 e. The lowest BCUT2D eigenvalue weighted by molar-refractivity contribution is -0.118. The van der Waals surface area contributed by atoms with Crippen molar-refractivity contribution in [3.8, 4) is 11.5 Å². The zero-order chi connectivity index (χ0) is 22.8. The van der Waals surface area contributed by atoms with E-state index >= 15 is 0 Å². The highest BCUT2D eigenvalue weighted by Gasteiger charge is 2.16. The Bertz CT molecular complexity index is 1030. The third-order valence-corrected chi connectivity index (χ3v) is 4.93. The zero-order valence-electron chi connectivity index (χ0n) is 17.3. The van der Waals surface area contributed by atoms with Gasteiger partial charge in [0.25, 0.3) is 0 Å². The minimum Gasteiger partial charge on any atom is -0.457 e. The summed E-state index contributed by atoms with van der Waals surface area (Å²) >= 11 is 11.5. The monoisotopic (exact) mass is 471 g/mol. The summed E-state index contributed by atoms with van der Waals surface area (Å²) in [4.78, 5) is 26.0. The van der Waals surface area contributed by atoms with Crippen molar-refractivity contribution >= 4 is 46.5 Å². The molecule has 3 aromatic carbocycles. The maximum atomic E-state index is 13.0. The van der Waals surface area contributed by atoms with E-state index in [1.54, 1.807) is 41.3 Å². The highest BCUT2D eigenvalue weighted by Crippen LogP contribution is 2.25. The van der Waals surface area contributed by atoms with Gasteiger partial charge in [-0.05, 0) is 61.0 Å². The molecule has 0 aliphatic rings. The molecule has 0 spiro atoms. The maximum absolute atomic E-state index is 13.0. The van der Waals surface area contributed by atoms with Crippen molar-refractivity contribution in [2.45, 2.75) is 6.42 Å². The molecule has 0 aliphatic carbocycles. The van der Waals surface area contributed by atoms with E-state index in [2.05, 4.69) is 10.6 Å². The fourth-order valence-electron chi connectivity index (χ4n) is 2.94. The number of carbonyl (C=O) groups is 2. The second-order valence-corrected chi connectivity index (χ2v) is 7.54. The molecule has 2 N–H and O–H groups in total. The van der Waals surface area contributed by atoms with Crippen LogP contribution in [0.4, 0.5) is 16.2 Å². The minimum atomic E-state index is -0.312. The van der Waals surface area contributed by atoms with Crippen LogP contribution in [0.2, 0.25) is 5.02 Å². The van der Waals surface area contributed by atoms with Crippen LogP contribution in [0.25, 0.3) is 0 Å². The second kappa shape index (κ2) is 12.0. The fourth-order valence-corrected chi connectivity index (χ4v) is 3.22. The molecule has 8 heteroatoms. The third-order valence-electron chi connectivity index (χ3n) is 4.45. The molecule has 6 nitrogen and oxygen atoms in total. The number of halogens is 2. The Labute approximate surface area is 197 Å². The molecule has 0 aliphatic heterocycles. The predicted molar refractivity (Wildman–Crippen MR) is 129 cm³/mol. The Hall–Kier alpha value is -3.22. The van der Waals surface area contributed by atoms with Gasteiger partial charge in [-0.25, -0.2) is 4.79 Å². The van der Waals surface area contributed by atoms with Gasteiger partial charge in [0.05, 0.1) is 0 Å². The number of hydrogen-bond acceptors (Lipinski definition) is 3. The number of alkyl halides is 1. The van der Waals surface area contributed by atoms with E-state index in [-0.39, 0.29) is 17.8 Å². The number of ether oxygens (including phenoxy) is 1. The van der Waals surface area contributed by atoms with E-state index in [4.69, 9.17) is 27.9 Å². The van der Waals surface area contributed by atoms with E-state index in [9.17, 15) is 9.59 Å². The molecule has 0 saturated heterocycles. The molecule has 0 aromatic heterocycles. The molecule has 0 unspecified atom stereocenters. The fraction of sp³-hybridized carbons (Fsp3) is 0.167. The van der Waals surface area contributed by atoms with Gasteiger partial charge in [0.15, 0.2) is 0 Å². The van der Waals surface area contributed by atoms with Crippen molar-refractivity contribution < 1.29 is 14.3 Å². The number of nitrogens with zero attached hydrogens (tertiary/aromatic N) is 1. The molecule has 0 radical (unpaired) electrons. The van der Waals surface area contributed by atoms with Crippen molar-refractivity contribution in [2.75, 3.05) is 29.2 Å². The van der Waals surface area contributed by atoms with Crippen LogP contribution < -0.4 is 20.3 Å². The Morgan fingerprint density at radius 1 is 0.906 bits per heavy atom. The van der Waals surface area contributed by atoms with Crippen molar-refractivity contribution in [3.63, 3.8) is 0 Å². The van der Waals surface area contributed by atoms with Gasteiger partial charge in [0, 0.05) is 29.5 Å². The summed E-state index contributed by atoms with van der Waals surface area (Å²) in [5, 5.41) is 6.09. The summed E-state index contributed by atoms with van der Waals surface area (Å²) in [5.41, 5.74) is 1.28. The SMILES string of the molecule is O=C(CCl)NCCCN(C(=O)Nc1cccc(Cl)c1)c1ccc(Oc2ccccc2)cc1. The topological polar surface area (TPSA) is 70.7 Å². The van der Waals surface area contributed by atoms with Crippen LogP contribution in [0, 0.1) is 0 Å². The number of urea groups is 1. The van der Waals surface area contributed by atoms with Gasteiger partial charge < -0.3 is 15.4 Å². The normalized spacial score (nSPS) is 10.3. The van der Waals surface area contributed by atoms with Gasteiger partial charge in [-0.3, -0.25) is 9.69 Å². The highest BCUT2D eigenvalue weighted by atomic mass is 35.5. The number of benzene rings is 3. The standard InChI is InChI=1S/C24H23Cl2N3O3/c25-17-23(30)27-14-5-15-29(24(31)28-19-7-4-6-18(26)16-19)20-10-12-22(13-11-20)32-21-8-2-1-3-9-21/h1-4,6-13,16H,5,14-15,17H2,(H,27,30)(H,28,31). The summed E-state index contributed by atoms with van der Waals surface area (Å²) in [5.74, 6) is 1.04. The number of rotatable bonds is 9. The lowest BCUT2D eigenvalue weighted by Crippen LogP contribution is -2.37. The van der Waals surface area contributed by atoms with Gasteiger partial charge >= 0.3 is 6.03 Å². The van der Waals surface area contributed by atoms with Crippen LogP contribution in [-0.2, 0) is 4.79 Å². The average molecular weight is 472 g/mol. The van der Waals surface area contributed by atoms with Gasteiger partial charge in [0.1, 0.15) is 17.4 Å². The van der Waals surface area contributed by atoms with Crippen molar-refractivity contribution in [3.05, 3.63) is 83.9 Å². The number of hydrogen-bond donors (Lipinski definition) is 2. The van der Waals surface area contributed by atoms with Crippen LogP contribution in [0.3, 0.4) is 0 Å². The number of carbonyl (C=O) groups excluding carboxylic acids is 2. The lowest BCUT2D eigenvalue weighted by Gasteiger charge is -2.24. The Kier molecular flexibility index (Phi) is 8.78. The summed E-state index contributed by atoms with van der Waals surface area (Å²) in [6.07, 6.45) is 0.549. The molecule has 3 rings (SSSR count). The number of para-hydroxylation sites is 1. The first-order valence-electron chi connectivity index (χ1n) is 10.0. The molecule has 0 bridgehead atoms. The van der Waals surface area contributed by atoms with Crippen LogP contribution in [0.5, 0.6) is 11.5 Å². The summed E-state index contributed by atoms with van der Waals surface area (Å²) in [6, 6.07) is 23.3. The molecule has 0 saturated carbocycles. The Morgan fingerprint density at radius 2 is 1.62 bits per heavy atom. The van der Waals surface area contributed by atoms with Gasteiger partial charge in [-0.2, -0.15) is 0 Å².